The first-order valence-corrected chi connectivity index (χ1v) is 18.8. The van der Waals surface area contributed by atoms with Gasteiger partial charge < -0.3 is 0 Å². The van der Waals surface area contributed by atoms with Gasteiger partial charge in [0.05, 0.1) is 0 Å². The zero-order valence-electron chi connectivity index (χ0n) is 32.3. The molecule has 270 valence electrons. The highest BCUT2D eigenvalue weighted by atomic mass is 14.0. The SMILES string of the molecule is C#Cc1ccc(C#Cc2ccc(C#Cc3cc(C#Cc4ccc(C#Cc5ccc(C#C)cc5)cc4)cc(C#Cc4ccc(C#Cc5ccc(C#C)cc5)cc4)c3)cc2)cc1. The molecule has 0 bridgehead atoms. The fraction of sp³-hybridized carbons (Fsp3) is 0. The van der Waals surface area contributed by atoms with Gasteiger partial charge in [0.1, 0.15) is 0 Å². The van der Waals surface area contributed by atoms with Crippen LogP contribution in [0.5, 0.6) is 0 Å². The third kappa shape index (κ3) is 11.3. The summed E-state index contributed by atoms with van der Waals surface area (Å²) in [5.74, 6) is 46.9. The van der Waals surface area contributed by atoms with Crippen molar-refractivity contribution in [3.63, 3.8) is 0 Å². The Bertz CT molecular complexity index is 2850. The summed E-state index contributed by atoms with van der Waals surface area (Å²) in [4.78, 5) is 0. The summed E-state index contributed by atoms with van der Waals surface area (Å²) in [6, 6.07) is 52.4. The lowest BCUT2D eigenvalue weighted by Gasteiger charge is -1.98. The van der Waals surface area contributed by atoms with Crippen LogP contribution in [0.2, 0.25) is 0 Å². The van der Waals surface area contributed by atoms with Crippen molar-refractivity contribution < 1.29 is 0 Å². The first kappa shape index (κ1) is 38.8. The molecule has 60 heavy (non-hydrogen) atoms. The van der Waals surface area contributed by atoms with Crippen molar-refractivity contribution in [3.8, 4) is 108 Å². The number of hydrogen-bond donors (Lipinski definition) is 0. The molecule has 0 spiro atoms. The molecule has 0 N–H and O–H groups in total. The third-order valence-corrected chi connectivity index (χ3v) is 8.85. The smallest absolute Gasteiger partial charge is 0.0273 e. The maximum Gasteiger partial charge on any atom is 0.0273 e. The van der Waals surface area contributed by atoms with E-state index in [9.17, 15) is 0 Å². The number of terminal acetylenes is 3. The maximum absolute atomic E-state index is 5.47. The molecule has 0 unspecified atom stereocenters. The molecule has 0 saturated carbocycles. The van der Waals surface area contributed by atoms with Gasteiger partial charge in [0, 0.05) is 83.5 Å². The highest BCUT2D eigenvalue weighted by Gasteiger charge is 1.99. The largest absolute Gasteiger partial charge is 0.115 e. The molecule has 0 aliphatic heterocycles. The Morgan fingerprint density at radius 1 is 0.167 bits per heavy atom. The second kappa shape index (κ2) is 19.4. The molecule has 0 amide bonds. The minimum absolute atomic E-state index is 0.798. The van der Waals surface area contributed by atoms with E-state index in [0.717, 1.165) is 83.5 Å². The molecular weight excluding hydrogens is 721 g/mol. The second-order valence-corrected chi connectivity index (χ2v) is 13.2. The molecule has 0 aromatic heterocycles. The summed E-state index contributed by atoms with van der Waals surface area (Å²) < 4.78 is 0. The molecule has 0 heterocycles. The van der Waals surface area contributed by atoms with Crippen molar-refractivity contribution in [2.24, 2.45) is 0 Å². The Morgan fingerprint density at radius 2 is 0.283 bits per heavy atom. The van der Waals surface area contributed by atoms with Crippen molar-refractivity contribution in [2.45, 2.75) is 0 Å². The summed E-state index contributed by atoms with van der Waals surface area (Å²) >= 11 is 0. The lowest BCUT2D eigenvalue weighted by molar-refractivity contribution is 1.54. The Balaban J connectivity index is 1.11. The Hall–Kier alpha value is -9.42. The van der Waals surface area contributed by atoms with E-state index >= 15 is 0 Å². The standard InChI is InChI=1S/C60H30/c1-4-46-7-13-49(14-8-46)19-22-52-25-31-55(32-26-52)37-40-58-43-59(41-38-56-33-27-53(28-34-56)23-20-50-15-9-47(5-2)10-16-50)45-60(44-58)42-39-57-35-29-54(30-36-57)24-21-51-17-11-48(6-3)12-18-51/h1-3,7-18,25-36,43-45H. The van der Waals surface area contributed by atoms with Gasteiger partial charge in [-0.3, -0.25) is 0 Å². The predicted molar refractivity (Wildman–Crippen MR) is 245 cm³/mol. The van der Waals surface area contributed by atoms with Crippen molar-refractivity contribution in [1.82, 2.24) is 0 Å². The van der Waals surface area contributed by atoms with Gasteiger partial charge in [0.2, 0.25) is 0 Å². The van der Waals surface area contributed by atoms with E-state index in [4.69, 9.17) is 19.3 Å². The minimum atomic E-state index is 0.798. The van der Waals surface area contributed by atoms with Crippen LogP contribution in [0.3, 0.4) is 0 Å². The summed E-state index contributed by atoms with van der Waals surface area (Å²) in [6.45, 7) is 0. The van der Waals surface area contributed by atoms with Gasteiger partial charge in [-0.1, -0.05) is 88.8 Å². The van der Waals surface area contributed by atoms with E-state index in [1.54, 1.807) is 0 Å². The predicted octanol–water partition coefficient (Wildman–Crippen LogP) is 10.0. The summed E-state index contributed by atoms with van der Waals surface area (Å²) in [5, 5.41) is 0. The fourth-order valence-electron chi connectivity index (χ4n) is 5.57. The van der Waals surface area contributed by atoms with Crippen LogP contribution in [0.25, 0.3) is 0 Å². The van der Waals surface area contributed by atoms with E-state index in [0.29, 0.717) is 0 Å². The van der Waals surface area contributed by atoms with Crippen LogP contribution in [0.15, 0.2) is 164 Å². The zero-order valence-corrected chi connectivity index (χ0v) is 32.3. The highest BCUT2D eigenvalue weighted by Crippen LogP contribution is 2.12. The van der Waals surface area contributed by atoms with Crippen LogP contribution < -0.4 is 0 Å². The lowest BCUT2D eigenvalue weighted by Crippen LogP contribution is -1.86. The molecule has 0 fully saturated rings. The van der Waals surface area contributed by atoms with Gasteiger partial charge in [-0.25, -0.2) is 0 Å². The molecular formula is C60H30. The number of hydrogen-bond acceptors (Lipinski definition) is 0. The van der Waals surface area contributed by atoms with Gasteiger partial charge in [-0.05, 0) is 164 Å². The first-order valence-electron chi connectivity index (χ1n) is 18.8. The average molecular weight is 751 g/mol. The van der Waals surface area contributed by atoms with Crippen LogP contribution in [-0.2, 0) is 0 Å². The summed E-state index contributed by atoms with van der Waals surface area (Å²) in [7, 11) is 0. The Morgan fingerprint density at radius 3 is 0.417 bits per heavy atom. The third-order valence-electron chi connectivity index (χ3n) is 8.85. The first-order chi connectivity index (χ1) is 29.5. The Labute approximate surface area is 353 Å². The minimum Gasteiger partial charge on any atom is -0.115 e. The quantitative estimate of drug-likeness (QED) is 0.136. The molecule has 0 atom stereocenters. The molecule has 7 rings (SSSR count). The van der Waals surface area contributed by atoms with Crippen molar-refractivity contribution in [3.05, 3.63) is 247 Å². The van der Waals surface area contributed by atoms with E-state index in [-0.39, 0.29) is 0 Å². The van der Waals surface area contributed by atoms with Crippen molar-refractivity contribution in [2.75, 3.05) is 0 Å². The maximum atomic E-state index is 5.47. The fourth-order valence-corrected chi connectivity index (χ4v) is 5.57. The summed E-state index contributed by atoms with van der Waals surface area (Å²) in [6.07, 6.45) is 16.4. The zero-order chi connectivity index (χ0) is 41.4. The lowest BCUT2D eigenvalue weighted by atomic mass is 10.0. The topological polar surface area (TPSA) is 0 Å². The van der Waals surface area contributed by atoms with Crippen LogP contribution in [0, 0.1) is 108 Å². The highest BCUT2D eigenvalue weighted by molar-refractivity contribution is 5.57. The van der Waals surface area contributed by atoms with Crippen LogP contribution in [0.4, 0.5) is 0 Å². The van der Waals surface area contributed by atoms with Gasteiger partial charge >= 0.3 is 0 Å². The van der Waals surface area contributed by atoms with Gasteiger partial charge in [-0.2, -0.15) is 0 Å². The van der Waals surface area contributed by atoms with Gasteiger partial charge in [0.25, 0.3) is 0 Å². The number of rotatable bonds is 0. The molecule has 0 nitrogen and oxygen atoms in total. The van der Waals surface area contributed by atoms with E-state index < -0.39 is 0 Å². The van der Waals surface area contributed by atoms with Crippen LogP contribution >= 0.6 is 0 Å². The monoisotopic (exact) mass is 750 g/mol. The molecule has 0 aliphatic carbocycles. The molecule has 0 radical (unpaired) electrons. The van der Waals surface area contributed by atoms with Gasteiger partial charge in [0.15, 0.2) is 0 Å². The van der Waals surface area contributed by atoms with Crippen LogP contribution in [0.1, 0.15) is 83.5 Å². The average Bonchev–Trinajstić information content (AvgIpc) is 3.31. The molecule has 0 heteroatoms. The van der Waals surface area contributed by atoms with E-state index in [1.165, 1.54) is 0 Å². The van der Waals surface area contributed by atoms with Crippen molar-refractivity contribution >= 4 is 0 Å². The normalized spacial score (nSPS) is 9.15. The molecule has 7 aromatic rings. The molecule has 0 aliphatic rings. The van der Waals surface area contributed by atoms with E-state index in [1.807, 2.05) is 164 Å². The molecule has 7 aromatic carbocycles. The summed E-state index contributed by atoms with van der Waals surface area (Å²) in [5.41, 5.74) is 12.8. The van der Waals surface area contributed by atoms with E-state index in [2.05, 4.69) is 88.8 Å². The van der Waals surface area contributed by atoms with Crippen LogP contribution in [-0.4, -0.2) is 0 Å². The molecule has 0 saturated heterocycles. The van der Waals surface area contributed by atoms with Gasteiger partial charge in [-0.15, -0.1) is 19.3 Å². The number of benzene rings is 7. The van der Waals surface area contributed by atoms with Crippen molar-refractivity contribution in [1.29, 1.82) is 0 Å². The second-order valence-electron chi connectivity index (χ2n) is 13.2. The Kier molecular flexibility index (Phi) is 12.6.